The molecular formula is C29H34Cl2N2O3S. The van der Waals surface area contributed by atoms with Crippen molar-refractivity contribution >= 4 is 39.1 Å². The number of amides is 1. The van der Waals surface area contributed by atoms with Gasteiger partial charge in [-0.15, -0.1) is 5.73 Å². The van der Waals surface area contributed by atoms with E-state index >= 15 is 0 Å². The first-order valence-electron chi connectivity index (χ1n) is 12.7. The minimum absolute atomic E-state index is 0.0573. The summed E-state index contributed by atoms with van der Waals surface area (Å²) in [6, 6.07) is 14.4. The third-order valence-corrected chi connectivity index (χ3v) is 10.2. The van der Waals surface area contributed by atoms with Gasteiger partial charge in [-0.3, -0.25) is 4.79 Å². The number of benzene rings is 2. The maximum absolute atomic E-state index is 14.7. The van der Waals surface area contributed by atoms with Crippen molar-refractivity contribution in [2.75, 3.05) is 6.54 Å². The number of likely N-dealkylation sites (tertiary alicyclic amines) is 1. The Labute approximate surface area is 230 Å². The second-order valence-corrected chi connectivity index (χ2v) is 13.7. The molecule has 198 valence electrons. The summed E-state index contributed by atoms with van der Waals surface area (Å²) in [5, 5.41) is 0.616. The number of piperidine rings is 1. The Morgan fingerprint density at radius 3 is 2.41 bits per heavy atom. The lowest BCUT2D eigenvalue weighted by Gasteiger charge is -2.51. The highest BCUT2D eigenvalue weighted by atomic mass is 35.5. The van der Waals surface area contributed by atoms with E-state index in [4.69, 9.17) is 23.2 Å². The number of carbonyl (C=O) groups is 1. The van der Waals surface area contributed by atoms with E-state index in [2.05, 4.69) is 17.0 Å². The molecule has 2 aliphatic rings. The molecule has 4 rings (SSSR count). The number of hydrogen-bond donors (Lipinski definition) is 1. The number of rotatable bonds is 9. The van der Waals surface area contributed by atoms with E-state index in [9.17, 15) is 13.2 Å². The van der Waals surface area contributed by atoms with Gasteiger partial charge in [-0.05, 0) is 87.4 Å². The fraction of sp³-hybridized carbons (Fsp3) is 0.448. The molecule has 8 heteroatoms. The predicted octanol–water partition coefficient (Wildman–Crippen LogP) is 6.29. The highest BCUT2D eigenvalue weighted by molar-refractivity contribution is 7.90. The Balaban J connectivity index is 1.84. The summed E-state index contributed by atoms with van der Waals surface area (Å²) in [5.41, 5.74) is 3.78. The maximum atomic E-state index is 14.7. The average Bonchev–Trinajstić information content (AvgIpc) is 3.69. The Hall–Kier alpha value is -2.08. The number of sulfonamides is 1. The fourth-order valence-corrected chi connectivity index (χ4v) is 6.44. The van der Waals surface area contributed by atoms with Gasteiger partial charge in [-0.2, -0.15) is 0 Å². The molecule has 0 spiro atoms. The van der Waals surface area contributed by atoms with Crippen LogP contribution in [-0.2, 0) is 20.2 Å². The fourth-order valence-electron chi connectivity index (χ4n) is 5.39. The lowest BCUT2D eigenvalue weighted by molar-refractivity contribution is -0.150. The second kappa shape index (κ2) is 11.0. The van der Waals surface area contributed by atoms with E-state index in [1.165, 1.54) is 0 Å². The highest BCUT2D eigenvalue weighted by Crippen LogP contribution is 2.50. The zero-order chi connectivity index (χ0) is 27.0. The Morgan fingerprint density at radius 1 is 1.16 bits per heavy atom. The molecule has 4 atom stereocenters. The summed E-state index contributed by atoms with van der Waals surface area (Å²) < 4.78 is 28.2. The monoisotopic (exact) mass is 560 g/mol. The average molecular weight is 562 g/mol. The van der Waals surface area contributed by atoms with Crippen LogP contribution in [0.1, 0.15) is 57.2 Å². The molecule has 1 N–H and O–H groups in total. The summed E-state index contributed by atoms with van der Waals surface area (Å²) in [5.74, 6) is -0.0260. The third-order valence-electron chi connectivity index (χ3n) is 7.87. The Kier molecular flexibility index (Phi) is 8.27. The van der Waals surface area contributed by atoms with E-state index in [1.54, 1.807) is 19.9 Å². The van der Waals surface area contributed by atoms with Crippen LogP contribution in [0.4, 0.5) is 0 Å². The van der Waals surface area contributed by atoms with Gasteiger partial charge in [-0.1, -0.05) is 54.0 Å². The summed E-state index contributed by atoms with van der Waals surface area (Å²) in [6.45, 7) is 9.24. The van der Waals surface area contributed by atoms with Gasteiger partial charge in [0.05, 0.1) is 16.7 Å². The first kappa shape index (κ1) is 27.9. The van der Waals surface area contributed by atoms with E-state index in [-0.39, 0.29) is 36.4 Å². The first-order chi connectivity index (χ1) is 17.5. The SMILES string of the molecule is C=C=C[C@@H]1C[C@@H](c2ccc(Cl)cc2)N([C@H](CNS(=O)(=O)C(C)C)C2CC2)C(=O)[C@]1(C)c1cccc(Cl)c1. The lowest BCUT2D eigenvalue weighted by Crippen LogP contribution is -2.61. The number of nitrogens with one attached hydrogen (secondary N) is 1. The summed E-state index contributed by atoms with van der Waals surface area (Å²) in [6.07, 6.45) is 4.41. The van der Waals surface area contributed by atoms with Crippen LogP contribution in [0.5, 0.6) is 0 Å². The van der Waals surface area contributed by atoms with Crippen LogP contribution in [-0.4, -0.2) is 37.1 Å². The molecule has 1 aliphatic heterocycles. The predicted molar refractivity (Wildman–Crippen MR) is 150 cm³/mol. The van der Waals surface area contributed by atoms with Gasteiger partial charge in [-0.25, -0.2) is 13.1 Å². The number of hydrogen-bond acceptors (Lipinski definition) is 3. The molecule has 1 amide bonds. The Bertz CT molecular complexity index is 1300. The summed E-state index contributed by atoms with van der Waals surface area (Å²) in [4.78, 5) is 16.7. The molecule has 0 aromatic heterocycles. The van der Waals surface area contributed by atoms with Gasteiger partial charge in [0.2, 0.25) is 15.9 Å². The molecule has 2 aromatic rings. The highest BCUT2D eigenvalue weighted by Gasteiger charge is 2.54. The Morgan fingerprint density at radius 2 is 1.84 bits per heavy atom. The van der Waals surface area contributed by atoms with Crippen molar-refractivity contribution < 1.29 is 13.2 Å². The topological polar surface area (TPSA) is 66.5 Å². The molecule has 1 heterocycles. The van der Waals surface area contributed by atoms with Crippen molar-refractivity contribution in [3.8, 4) is 0 Å². The molecule has 2 fully saturated rings. The third kappa shape index (κ3) is 5.69. The number of allylic oxidation sites excluding steroid dienone is 1. The molecule has 0 unspecified atom stereocenters. The summed E-state index contributed by atoms with van der Waals surface area (Å²) >= 11 is 12.6. The van der Waals surface area contributed by atoms with Crippen LogP contribution in [0.15, 0.2) is 66.9 Å². The van der Waals surface area contributed by atoms with Gasteiger partial charge in [0.1, 0.15) is 0 Å². The van der Waals surface area contributed by atoms with Crippen LogP contribution in [0.3, 0.4) is 0 Å². The largest absolute Gasteiger partial charge is 0.330 e. The molecule has 2 aromatic carbocycles. The molecule has 5 nitrogen and oxygen atoms in total. The number of carbonyl (C=O) groups excluding carboxylic acids is 1. The van der Waals surface area contributed by atoms with Crippen molar-refractivity contribution in [2.45, 2.75) is 62.8 Å². The molecule has 37 heavy (non-hydrogen) atoms. The van der Waals surface area contributed by atoms with Crippen LogP contribution in [0.25, 0.3) is 0 Å². The van der Waals surface area contributed by atoms with Gasteiger partial charge in [0.15, 0.2) is 0 Å². The van der Waals surface area contributed by atoms with Gasteiger partial charge >= 0.3 is 0 Å². The maximum Gasteiger partial charge on any atom is 0.234 e. The van der Waals surface area contributed by atoms with E-state index in [0.717, 1.165) is 24.0 Å². The van der Waals surface area contributed by atoms with Crippen molar-refractivity contribution in [3.63, 3.8) is 0 Å². The molecule has 1 saturated heterocycles. The first-order valence-corrected chi connectivity index (χ1v) is 15.0. The van der Waals surface area contributed by atoms with Crippen LogP contribution >= 0.6 is 23.2 Å². The van der Waals surface area contributed by atoms with Crippen molar-refractivity contribution in [1.82, 2.24) is 9.62 Å². The molecule has 1 saturated carbocycles. The molecular weight excluding hydrogens is 527 g/mol. The van der Waals surface area contributed by atoms with E-state index in [0.29, 0.717) is 16.5 Å². The minimum Gasteiger partial charge on any atom is -0.330 e. The quantitative estimate of drug-likeness (QED) is 0.366. The zero-order valence-corrected chi connectivity index (χ0v) is 23.8. The normalized spacial score (nSPS) is 25.1. The van der Waals surface area contributed by atoms with Crippen LogP contribution in [0, 0.1) is 11.8 Å². The number of nitrogens with zero attached hydrogens (tertiary/aromatic N) is 1. The second-order valence-electron chi connectivity index (χ2n) is 10.6. The standard InChI is InChI=1S/C29H34Cl2N2O3S/c1-5-7-22-17-26(20-12-14-24(30)15-13-20)33(27(21-10-11-21)18-32-37(35,36)19(2)3)28(34)29(22,4)23-8-6-9-25(31)16-23/h6-9,12-16,19,21-22,26-27,32H,1,10-11,17-18H2,2-4H3/t22-,26+,27-,29+/m1/s1. The van der Waals surface area contributed by atoms with Gasteiger partial charge in [0, 0.05) is 28.5 Å². The van der Waals surface area contributed by atoms with E-state index < -0.39 is 20.7 Å². The van der Waals surface area contributed by atoms with Gasteiger partial charge < -0.3 is 4.90 Å². The minimum atomic E-state index is -3.50. The zero-order valence-electron chi connectivity index (χ0n) is 21.5. The molecule has 0 radical (unpaired) electrons. The lowest BCUT2D eigenvalue weighted by atomic mass is 9.64. The van der Waals surface area contributed by atoms with Crippen molar-refractivity contribution in [1.29, 1.82) is 0 Å². The van der Waals surface area contributed by atoms with Crippen molar-refractivity contribution in [3.05, 3.63) is 88.1 Å². The van der Waals surface area contributed by atoms with E-state index in [1.807, 2.05) is 60.4 Å². The van der Waals surface area contributed by atoms with Gasteiger partial charge in [0.25, 0.3) is 0 Å². The van der Waals surface area contributed by atoms with Crippen LogP contribution in [0.2, 0.25) is 10.0 Å². The summed E-state index contributed by atoms with van der Waals surface area (Å²) in [7, 11) is -3.50. The number of halogens is 2. The molecule has 1 aliphatic carbocycles. The smallest absolute Gasteiger partial charge is 0.234 e. The molecule has 0 bridgehead atoms. The van der Waals surface area contributed by atoms with Crippen molar-refractivity contribution in [2.24, 2.45) is 11.8 Å². The van der Waals surface area contributed by atoms with Crippen LogP contribution < -0.4 is 4.72 Å².